The quantitative estimate of drug-likeness (QED) is 0.394. The van der Waals surface area contributed by atoms with Gasteiger partial charge in [0.2, 0.25) is 0 Å². The standard InChI is InChI=1S/C24H19N7/c1-3-7-27-20(4-2)16-10-18-23(30-31-24(18)28-12-16)21-11-17-19(13-26-14-22(17)29-21)15-5-8-25-9-6-15/h3-14,29H,1H2,2H3,(H,28,30,31)/b20-4-,27-7?. The van der Waals surface area contributed by atoms with Gasteiger partial charge in [0.05, 0.1) is 28.8 Å². The van der Waals surface area contributed by atoms with Gasteiger partial charge in [-0.05, 0) is 36.8 Å². The van der Waals surface area contributed by atoms with Gasteiger partial charge in [-0.1, -0.05) is 18.7 Å². The summed E-state index contributed by atoms with van der Waals surface area (Å²) < 4.78 is 0. The number of hydrogen-bond donors (Lipinski definition) is 2. The van der Waals surface area contributed by atoms with E-state index in [9.17, 15) is 0 Å². The molecule has 5 heterocycles. The van der Waals surface area contributed by atoms with Crippen molar-refractivity contribution in [3.05, 3.63) is 79.5 Å². The number of hydrogen-bond acceptors (Lipinski definition) is 5. The molecule has 0 saturated heterocycles. The fourth-order valence-electron chi connectivity index (χ4n) is 3.64. The van der Waals surface area contributed by atoms with Gasteiger partial charge >= 0.3 is 0 Å². The van der Waals surface area contributed by atoms with Gasteiger partial charge in [0.1, 0.15) is 0 Å². The smallest absolute Gasteiger partial charge is 0.181 e. The topological polar surface area (TPSA) is 95.5 Å². The van der Waals surface area contributed by atoms with Crippen molar-refractivity contribution in [2.45, 2.75) is 6.92 Å². The third-order valence-electron chi connectivity index (χ3n) is 5.10. The van der Waals surface area contributed by atoms with Crippen molar-refractivity contribution in [3.63, 3.8) is 0 Å². The molecule has 7 heteroatoms. The number of nitrogens with one attached hydrogen (secondary N) is 2. The summed E-state index contributed by atoms with van der Waals surface area (Å²) in [5.41, 5.74) is 7.21. The highest BCUT2D eigenvalue weighted by Crippen LogP contribution is 2.33. The second-order valence-electron chi connectivity index (χ2n) is 6.95. The fraction of sp³-hybridized carbons (Fsp3) is 0.0417. The summed E-state index contributed by atoms with van der Waals surface area (Å²) in [6.07, 6.45) is 14.3. The van der Waals surface area contributed by atoms with Crippen LogP contribution in [0.25, 0.3) is 50.1 Å². The Morgan fingerprint density at radius 3 is 2.74 bits per heavy atom. The average molecular weight is 405 g/mol. The third-order valence-corrected chi connectivity index (χ3v) is 5.10. The average Bonchev–Trinajstić information content (AvgIpc) is 3.43. The van der Waals surface area contributed by atoms with E-state index in [0.717, 1.165) is 50.1 Å². The molecular weight excluding hydrogens is 386 g/mol. The largest absolute Gasteiger partial charge is 0.352 e. The molecule has 0 spiro atoms. The predicted octanol–water partition coefficient (Wildman–Crippen LogP) is 5.18. The first-order valence-corrected chi connectivity index (χ1v) is 9.82. The lowest BCUT2D eigenvalue weighted by atomic mass is 10.1. The molecule has 5 aromatic rings. The molecule has 0 bridgehead atoms. The number of H-pyrrole nitrogens is 2. The van der Waals surface area contributed by atoms with E-state index in [-0.39, 0.29) is 0 Å². The molecule has 0 aliphatic heterocycles. The number of aromatic nitrogens is 6. The van der Waals surface area contributed by atoms with Crippen molar-refractivity contribution >= 4 is 33.8 Å². The molecule has 0 saturated carbocycles. The maximum absolute atomic E-state index is 4.51. The molecule has 7 nitrogen and oxygen atoms in total. The fourth-order valence-corrected chi connectivity index (χ4v) is 3.64. The van der Waals surface area contributed by atoms with E-state index in [0.29, 0.717) is 5.65 Å². The summed E-state index contributed by atoms with van der Waals surface area (Å²) in [5, 5.41) is 9.50. The Kier molecular flexibility index (Phi) is 4.68. The minimum absolute atomic E-state index is 0.646. The number of allylic oxidation sites excluding steroid dienone is 2. The summed E-state index contributed by atoms with van der Waals surface area (Å²) in [6, 6.07) is 8.11. The molecule has 0 aliphatic rings. The molecule has 0 amide bonds. The Morgan fingerprint density at radius 2 is 1.94 bits per heavy atom. The first-order chi connectivity index (χ1) is 15.3. The van der Waals surface area contributed by atoms with Crippen molar-refractivity contribution in [2.24, 2.45) is 4.99 Å². The molecule has 0 aromatic carbocycles. The van der Waals surface area contributed by atoms with Gasteiger partial charge in [0, 0.05) is 52.9 Å². The third kappa shape index (κ3) is 3.32. The van der Waals surface area contributed by atoms with Gasteiger partial charge in [-0.3, -0.25) is 20.1 Å². The molecule has 5 aromatic heterocycles. The molecule has 0 aliphatic carbocycles. The number of nitrogens with zero attached hydrogens (tertiary/aromatic N) is 5. The van der Waals surface area contributed by atoms with Crippen LogP contribution in [0.5, 0.6) is 0 Å². The lowest BCUT2D eigenvalue weighted by molar-refractivity contribution is 1.10. The molecule has 0 fully saturated rings. The van der Waals surface area contributed by atoms with Crippen molar-refractivity contribution in [3.8, 4) is 22.5 Å². The molecule has 0 unspecified atom stereocenters. The van der Waals surface area contributed by atoms with E-state index < -0.39 is 0 Å². The van der Waals surface area contributed by atoms with Crippen molar-refractivity contribution in [1.29, 1.82) is 0 Å². The molecular formula is C24H19N7. The second kappa shape index (κ2) is 7.79. The van der Waals surface area contributed by atoms with Gasteiger partial charge < -0.3 is 4.98 Å². The zero-order valence-electron chi connectivity index (χ0n) is 16.9. The van der Waals surface area contributed by atoms with Crippen LogP contribution in [0.1, 0.15) is 12.5 Å². The molecule has 0 atom stereocenters. The van der Waals surface area contributed by atoms with Crippen molar-refractivity contribution < 1.29 is 0 Å². The van der Waals surface area contributed by atoms with Gasteiger partial charge in [-0.15, -0.1) is 0 Å². The number of aromatic amines is 2. The van der Waals surface area contributed by atoms with E-state index in [1.54, 1.807) is 30.9 Å². The van der Waals surface area contributed by atoms with Crippen LogP contribution in [0.2, 0.25) is 0 Å². The van der Waals surface area contributed by atoms with Gasteiger partial charge in [-0.25, -0.2) is 4.98 Å². The maximum atomic E-state index is 4.51. The normalized spacial score (nSPS) is 12.2. The lowest BCUT2D eigenvalue weighted by Crippen LogP contribution is -1.86. The summed E-state index contributed by atoms with van der Waals surface area (Å²) in [6.45, 7) is 5.63. The molecule has 0 radical (unpaired) electrons. The number of pyridine rings is 3. The predicted molar refractivity (Wildman–Crippen MR) is 125 cm³/mol. The lowest BCUT2D eigenvalue weighted by Gasteiger charge is -2.02. The van der Waals surface area contributed by atoms with E-state index in [1.807, 2.05) is 43.6 Å². The van der Waals surface area contributed by atoms with Gasteiger partial charge in [-0.2, -0.15) is 5.10 Å². The van der Waals surface area contributed by atoms with E-state index in [1.165, 1.54) is 0 Å². The zero-order chi connectivity index (χ0) is 21.2. The van der Waals surface area contributed by atoms with Crippen LogP contribution in [-0.4, -0.2) is 36.3 Å². The van der Waals surface area contributed by atoms with Crippen molar-refractivity contribution in [2.75, 3.05) is 0 Å². The number of aliphatic imine (C=N–C) groups is 1. The molecule has 150 valence electrons. The van der Waals surface area contributed by atoms with Crippen LogP contribution < -0.4 is 0 Å². The first kappa shape index (κ1) is 18.6. The van der Waals surface area contributed by atoms with Crippen LogP contribution in [0, 0.1) is 0 Å². The van der Waals surface area contributed by atoms with E-state index in [4.69, 9.17) is 0 Å². The number of fused-ring (bicyclic) bond motifs is 2. The van der Waals surface area contributed by atoms with Crippen LogP contribution in [0.15, 0.2) is 79.0 Å². The summed E-state index contributed by atoms with van der Waals surface area (Å²) >= 11 is 0. The minimum atomic E-state index is 0.646. The second-order valence-corrected chi connectivity index (χ2v) is 6.95. The Balaban J connectivity index is 1.65. The molecule has 2 N–H and O–H groups in total. The van der Waals surface area contributed by atoms with Crippen LogP contribution >= 0.6 is 0 Å². The molecule has 5 rings (SSSR count). The minimum Gasteiger partial charge on any atom is -0.352 e. The van der Waals surface area contributed by atoms with Crippen molar-refractivity contribution in [1.82, 2.24) is 30.1 Å². The Bertz CT molecular complexity index is 1460. The van der Waals surface area contributed by atoms with Crippen LogP contribution in [-0.2, 0) is 0 Å². The SMILES string of the molecule is C=CC=N/C(=C\C)c1cnc2n[nH]c(-c3cc4c(-c5ccncc5)cncc4[nH]3)c2c1. The first-order valence-electron chi connectivity index (χ1n) is 9.82. The molecule has 31 heavy (non-hydrogen) atoms. The van der Waals surface area contributed by atoms with Crippen LogP contribution in [0.3, 0.4) is 0 Å². The van der Waals surface area contributed by atoms with Crippen LogP contribution in [0.4, 0.5) is 0 Å². The Morgan fingerprint density at radius 1 is 1.06 bits per heavy atom. The Labute approximate surface area is 178 Å². The van der Waals surface area contributed by atoms with E-state index in [2.05, 4.69) is 47.8 Å². The highest BCUT2D eigenvalue weighted by Gasteiger charge is 2.15. The summed E-state index contributed by atoms with van der Waals surface area (Å²) in [4.78, 5) is 20.9. The van der Waals surface area contributed by atoms with Gasteiger partial charge in [0.25, 0.3) is 0 Å². The zero-order valence-corrected chi connectivity index (χ0v) is 16.9. The monoisotopic (exact) mass is 405 g/mol. The number of rotatable bonds is 5. The van der Waals surface area contributed by atoms with E-state index >= 15 is 0 Å². The highest BCUT2D eigenvalue weighted by atomic mass is 15.2. The Hall–Kier alpha value is -4.39. The highest BCUT2D eigenvalue weighted by molar-refractivity contribution is 6.00. The maximum Gasteiger partial charge on any atom is 0.181 e. The summed E-state index contributed by atoms with van der Waals surface area (Å²) in [5.74, 6) is 0. The summed E-state index contributed by atoms with van der Waals surface area (Å²) in [7, 11) is 0. The van der Waals surface area contributed by atoms with Gasteiger partial charge in [0.15, 0.2) is 5.65 Å².